The Labute approximate surface area is 98.1 Å². The zero-order chi connectivity index (χ0) is 12.8. The fraction of sp³-hybridized carbons (Fsp3) is 0.273. The minimum atomic E-state index is -1.14. The van der Waals surface area contributed by atoms with Gasteiger partial charge in [-0.15, -0.1) is 0 Å². The average molecular weight is 238 g/mol. The maximum absolute atomic E-state index is 11.4. The van der Waals surface area contributed by atoms with Gasteiger partial charge in [0.2, 0.25) is 5.91 Å². The van der Waals surface area contributed by atoms with E-state index in [9.17, 15) is 14.7 Å². The molecule has 5 N–H and O–H groups in total. The van der Waals surface area contributed by atoms with Gasteiger partial charge in [-0.1, -0.05) is 12.1 Å². The number of aromatic hydroxyl groups is 1. The molecule has 0 radical (unpaired) electrons. The molecule has 1 atom stereocenters. The van der Waals surface area contributed by atoms with Crippen LogP contribution in [0.25, 0.3) is 0 Å². The van der Waals surface area contributed by atoms with Gasteiger partial charge in [-0.25, -0.2) is 0 Å². The summed E-state index contributed by atoms with van der Waals surface area (Å²) in [5.74, 6) is -1.56. The topological polar surface area (TPSA) is 113 Å². The summed E-state index contributed by atoms with van der Waals surface area (Å²) in [7, 11) is 0. The van der Waals surface area contributed by atoms with E-state index in [1.807, 2.05) is 0 Å². The van der Waals surface area contributed by atoms with Crippen LogP contribution < -0.4 is 11.1 Å². The van der Waals surface area contributed by atoms with Crippen molar-refractivity contribution >= 4 is 17.6 Å². The first kappa shape index (κ1) is 13.0. The van der Waals surface area contributed by atoms with Crippen molar-refractivity contribution < 1.29 is 19.8 Å². The fourth-order valence-corrected chi connectivity index (χ4v) is 1.20. The lowest BCUT2D eigenvalue weighted by atomic mass is 10.1. The number of benzene rings is 1. The number of para-hydroxylation sites is 2. The van der Waals surface area contributed by atoms with Crippen LogP contribution in [-0.2, 0) is 9.59 Å². The van der Waals surface area contributed by atoms with E-state index in [-0.39, 0.29) is 24.5 Å². The molecule has 17 heavy (non-hydrogen) atoms. The van der Waals surface area contributed by atoms with E-state index >= 15 is 0 Å². The zero-order valence-corrected chi connectivity index (χ0v) is 9.09. The van der Waals surface area contributed by atoms with Crippen molar-refractivity contribution in [3.63, 3.8) is 0 Å². The van der Waals surface area contributed by atoms with Gasteiger partial charge in [0.1, 0.15) is 11.8 Å². The van der Waals surface area contributed by atoms with Gasteiger partial charge in [-0.2, -0.15) is 0 Å². The third kappa shape index (κ3) is 4.12. The monoisotopic (exact) mass is 238 g/mol. The summed E-state index contributed by atoms with van der Waals surface area (Å²) in [5, 5.41) is 20.4. The highest BCUT2D eigenvalue weighted by Crippen LogP contribution is 2.21. The number of carboxylic acid groups (broad SMARTS) is 1. The van der Waals surface area contributed by atoms with E-state index in [1.54, 1.807) is 18.2 Å². The van der Waals surface area contributed by atoms with Crippen molar-refractivity contribution in [2.24, 2.45) is 5.73 Å². The van der Waals surface area contributed by atoms with Crippen molar-refractivity contribution in [2.45, 2.75) is 18.9 Å². The second kappa shape index (κ2) is 5.86. The molecule has 0 fully saturated rings. The maximum Gasteiger partial charge on any atom is 0.320 e. The number of nitrogens with one attached hydrogen (secondary N) is 1. The molecule has 92 valence electrons. The maximum atomic E-state index is 11.4. The number of hydrogen-bond donors (Lipinski definition) is 4. The van der Waals surface area contributed by atoms with E-state index in [0.29, 0.717) is 5.69 Å². The largest absolute Gasteiger partial charge is 0.506 e. The number of carboxylic acids is 1. The Kier molecular flexibility index (Phi) is 4.47. The highest BCUT2D eigenvalue weighted by molar-refractivity contribution is 5.92. The molecular formula is C11H14N2O4. The Morgan fingerprint density at radius 3 is 2.59 bits per heavy atom. The summed E-state index contributed by atoms with van der Waals surface area (Å²) in [6.45, 7) is 0. The number of hydrogen-bond acceptors (Lipinski definition) is 4. The first-order valence-corrected chi connectivity index (χ1v) is 5.07. The van der Waals surface area contributed by atoms with Crippen molar-refractivity contribution in [3.05, 3.63) is 24.3 Å². The van der Waals surface area contributed by atoms with E-state index < -0.39 is 12.0 Å². The Morgan fingerprint density at radius 1 is 1.35 bits per heavy atom. The van der Waals surface area contributed by atoms with Crippen LogP contribution in [-0.4, -0.2) is 28.1 Å². The van der Waals surface area contributed by atoms with E-state index in [4.69, 9.17) is 10.8 Å². The molecule has 0 saturated heterocycles. The molecule has 0 spiro atoms. The van der Waals surface area contributed by atoms with Crippen molar-refractivity contribution in [1.29, 1.82) is 0 Å². The molecule has 1 rings (SSSR count). The van der Waals surface area contributed by atoms with Gasteiger partial charge in [0.15, 0.2) is 0 Å². The Bertz CT molecular complexity index is 420. The van der Waals surface area contributed by atoms with E-state index in [1.165, 1.54) is 6.07 Å². The van der Waals surface area contributed by atoms with Crippen molar-refractivity contribution in [2.75, 3.05) is 5.32 Å². The summed E-state index contributed by atoms with van der Waals surface area (Å²) in [6, 6.07) is 5.23. The molecule has 1 aromatic rings. The Hall–Kier alpha value is -2.08. The van der Waals surface area contributed by atoms with Gasteiger partial charge in [0.25, 0.3) is 0 Å². The van der Waals surface area contributed by atoms with Crippen LogP contribution in [0.2, 0.25) is 0 Å². The molecule has 0 unspecified atom stereocenters. The van der Waals surface area contributed by atoms with Crippen LogP contribution in [0, 0.1) is 0 Å². The van der Waals surface area contributed by atoms with Gasteiger partial charge >= 0.3 is 5.97 Å². The molecule has 1 amide bonds. The third-order valence-corrected chi connectivity index (χ3v) is 2.18. The second-order valence-corrected chi connectivity index (χ2v) is 3.55. The van der Waals surface area contributed by atoms with E-state index in [2.05, 4.69) is 5.32 Å². The van der Waals surface area contributed by atoms with Crippen LogP contribution in [0.15, 0.2) is 24.3 Å². The molecule has 1 aromatic carbocycles. The number of amides is 1. The van der Waals surface area contributed by atoms with Gasteiger partial charge in [-0.3, -0.25) is 9.59 Å². The summed E-state index contributed by atoms with van der Waals surface area (Å²) < 4.78 is 0. The van der Waals surface area contributed by atoms with Crippen LogP contribution in [0.4, 0.5) is 5.69 Å². The predicted octanol–water partition coefficient (Wildman–Crippen LogP) is 0.523. The highest BCUT2D eigenvalue weighted by Gasteiger charge is 2.14. The number of phenolic OH excluding ortho intramolecular Hbond substituents is 1. The lowest BCUT2D eigenvalue weighted by Crippen LogP contribution is -2.31. The highest BCUT2D eigenvalue weighted by atomic mass is 16.4. The second-order valence-electron chi connectivity index (χ2n) is 3.55. The number of rotatable bonds is 5. The summed E-state index contributed by atoms with van der Waals surface area (Å²) in [6.07, 6.45) is 0.0383. The molecule has 0 saturated carbocycles. The zero-order valence-electron chi connectivity index (χ0n) is 9.09. The first-order valence-electron chi connectivity index (χ1n) is 5.07. The number of phenols is 1. The molecule has 6 heteroatoms. The Morgan fingerprint density at radius 2 is 2.00 bits per heavy atom. The minimum absolute atomic E-state index is 0.0121. The molecule has 0 heterocycles. The number of carbonyl (C=O) groups excluding carboxylic acids is 1. The van der Waals surface area contributed by atoms with Gasteiger partial charge in [-0.05, 0) is 18.6 Å². The van der Waals surface area contributed by atoms with Crippen LogP contribution in [0.3, 0.4) is 0 Å². The minimum Gasteiger partial charge on any atom is -0.506 e. The average Bonchev–Trinajstić information content (AvgIpc) is 2.29. The van der Waals surface area contributed by atoms with Gasteiger partial charge in [0, 0.05) is 6.42 Å². The standard InChI is InChI=1S/C11H14N2O4/c12-7(11(16)17)5-6-10(15)13-8-3-1-2-4-9(8)14/h1-4,7,14H,5-6,12H2,(H,13,15)(H,16,17)/t7-/m0/s1. The quantitative estimate of drug-likeness (QED) is 0.559. The van der Waals surface area contributed by atoms with Crippen LogP contribution >= 0.6 is 0 Å². The summed E-state index contributed by atoms with van der Waals surface area (Å²) in [4.78, 5) is 21.8. The lowest BCUT2D eigenvalue weighted by molar-refractivity contribution is -0.138. The van der Waals surface area contributed by atoms with Crippen molar-refractivity contribution in [1.82, 2.24) is 0 Å². The van der Waals surface area contributed by atoms with Crippen LogP contribution in [0.5, 0.6) is 5.75 Å². The smallest absolute Gasteiger partial charge is 0.320 e. The predicted molar refractivity (Wildman–Crippen MR) is 61.6 cm³/mol. The molecule has 0 aliphatic heterocycles. The molecule has 0 aliphatic carbocycles. The third-order valence-electron chi connectivity index (χ3n) is 2.18. The molecule has 0 aliphatic rings. The molecule has 0 aromatic heterocycles. The molecule has 6 nitrogen and oxygen atoms in total. The fourth-order valence-electron chi connectivity index (χ4n) is 1.20. The molecule has 0 bridgehead atoms. The molecular weight excluding hydrogens is 224 g/mol. The number of carbonyl (C=O) groups is 2. The lowest BCUT2D eigenvalue weighted by Gasteiger charge is -2.08. The SMILES string of the molecule is N[C@@H](CCC(=O)Nc1ccccc1O)C(=O)O. The first-order chi connectivity index (χ1) is 8.00. The van der Waals surface area contributed by atoms with Crippen molar-refractivity contribution in [3.8, 4) is 5.75 Å². The number of aliphatic carboxylic acids is 1. The van der Waals surface area contributed by atoms with Gasteiger partial charge < -0.3 is 21.3 Å². The van der Waals surface area contributed by atoms with Gasteiger partial charge in [0.05, 0.1) is 5.69 Å². The summed E-state index contributed by atoms with van der Waals surface area (Å²) >= 11 is 0. The van der Waals surface area contributed by atoms with E-state index in [0.717, 1.165) is 0 Å². The summed E-state index contributed by atoms with van der Waals surface area (Å²) in [5.41, 5.74) is 5.55. The Balaban J connectivity index is 2.46. The number of nitrogens with two attached hydrogens (primary N) is 1. The number of anilines is 1. The van der Waals surface area contributed by atoms with Crippen LogP contribution in [0.1, 0.15) is 12.8 Å². The normalized spacial score (nSPS) is 11.8.